The van der Waals surface area contributed by atoms with Crippen LogP contribution < -0.4 is 4.90 Å². The summed E-state index contributed by atoms with van der Waals surface area (Å²) in [5.41, 5.74) is 1.70. The summed E-state index contributed by atoms with van der Waals surface area (Å²) in [6.07, 6.45) is 0.632. The van der Waals surface area contributed by atoms with Crippen LogP contribution in [0.4, 0.5) is 5.69 Å². The van der Waals surface area contributed by atoms with Gasteiger partial charge in [-0.2, -0.15) is 0 Å². The minimum atomic E-state index is -0.740. The maximum absolute atomic E-state index is 11.0. The summed E-state index contributed by atoms with van der Waals surface area (Å²) >= 11 is 0. The molecule has 1 N–H and O–H groups in total. The molecule has 0 aromatic heterocycles. The van der Waals surface area contributed by atoms with Crippen molar-refractivity contribution in [2.45, 2.75) is 27.2 Å². The lowest BCUT2D eigenvalue weighted by atomic mass is 9.89. The molecule has 0 saturated heterocycles. The molecule has 0 bridgehead atoms. The first-order valence-electron chi connectivity index (χ1n) is 5.85. The lowest BCUT2D eigenvalue weighted by molar-refractivity contribution is -0.147. The van der Waals surface area contributed by atoms with Crippen molar-refractivity contribution in [3.63, 3.8) is 0 Å². The molecular weight excluding hydrogens is 214 g/mol. The summed E-state index contributed by atoms with van der Waals surface area (Å²) in [5, 5.41) is 9.06. The van der Waals surface area contributed by atoms with Crippen LogP contribution >= 0.6 is 0 Å². The van der Waals surface area contributed by atoms with E-state index in [0.717, 1.165) is 12.2 Å². The summed E-state index contributed by atoms with van der Waals surface area (Å²) in [6.45, 7) is 6.33. The van der Waals surface area contributed by atoms with Gasteiger partial charge in [0, 0.05) is 19.3 Å². The zero-order valence-electron chi connectivity index (χ0n) is 11.0. The Morgan fingerprint density at radius 3 is 2.47 bits per heavy atom. The number of carbonyl (C=O) groups is 1. The molecule has 0 aliphatic rings. The molecule has 0 atom stereocenters. The van der Waals surface area contributed by atoms with Gasteiger partial charge in [0.1, 0.15) is 0 Å². The third-order valence-electron chi connectivity index (χ3n) is 3.18. The number of aliphatic carboxylic acids is 1. The topological polar surface area (TPSA) is 40.5 Å². The number of carboxylic acid groups (broad SMARTS) is 1. The predicted molar refractivity (Wildman–Crippen MR) is 70.5 cm³/mol. The fraction of sp³-hybridized carbons (Fsp3) is 0.500. The van der Waals surface area contributed by atoms with Crippen LogP contribution in [0.25, 0.3) is 0 Å². The molecule has 0 spiro atoms. The van der Waals surface area contributed by atoms with Crippen molar-refractivity contribution in [3.8, 4) is 0 Å². The predicted octanol–water partition coefficient (Wildman–Crippen LogP) is 2.93. The Hall–Kier alpha value is -1.51. The number of aryl methyl sites for hydroxylation is 1. The first-order chi connectivity index (χ1) is 7.84. The fourth-order valence-electron chi connectivity index (χ4n) is 1.67. The van der Waals surface area contributed by atoms with Crippen molar-refractivity contribution in [3.05, 3.63) is 29.8 Å². The summed E-state index contributed by atoms with van der Waals surface area (Å²) < 4.78 is 0. The summed E-state index contributed by atoms with van der Waals surface area (Å²) in [5.74, 6) is -0.740. The van der Waals surface area contributed by atoms with Crippen LogP contribution in [-0.2, 0) is 4.79 Å². The number of para-hydroxylation sites is 1. The van der Waals surface area contributed by atoms with Crippen molar-refractivity contribution in [2.24, 2.45) is 5.41 Å². The van der Waals surface area contributed by atoms with Gasteiger partial charge in [0.25, 0.3) is 0 Å². The van der Waals surface area contributed by atoms with E-state index in [2.05, 4.69) is 24.0 Å². The van der Waals surface area contributed by atoms with Gasteiger partial charge in [-0.3, -0.25) is 4.79 Å². The van der Waals surface area contributed by atoms with Gasteiger partial charge in [0.05, 0.1) is 5.41 Å². The van der Waals surface area contributed by atoms with Gasteiger partial charge in [0.2, 0.25) is 0 Å². The molecule has 0 amide bonds. The van der Waals surface area contributed by atoms with E-state index in [1.165, 1.54) is 5.56 Å². The Morgan fingerprint density at radius 1 is 1.35 bits per heavy atom. The second-order valence-corrected chi connectivity index (χ2v) is 5.15. The number of benzene rings is 1. The fourth-order valence-corrected chi connectivity index (χ4v) is 1.67. The highest BCUT2D eigenvalue weighted by Gasteiger charge is 2.27. The molecular formula is C14H21NO2. The lowest BCUT2D eigenvalue weighted by Gasteiger charge is -2.26. The first-order valence-corrected chi connectivity index (χ1v) is 5.85. The monoisotopic (exact) mass is 235 g/mol. The van der Waals surface area contributed by atoms with Crippen LogP contribution in [-0.4, -0.2) is 24.7 Å². The molecule has 0 saturated carbocycles. The normalized spacial score (nSPS) is 11.3. The SMILES string of the molecule is Cc1ccccc1N(C)CCC(C)(C)C(=O)O. The molecule has 3 heteroatoms. The van der Waals surface area contributed by atoms with E-state index in [-0.39, 0.29) is 0 Å². The Bertz CT molecular complexity index is 399. The Morgan fingerprint density at radius 2 is 1.94 bits per heavy atom. The third-order valence-corrected chi connectivity index (χ3v) is 3.18. The van der Waals surface area contributed by atoms with Crippen molar-refractivity contribution >= 4 is 11.7 Å². The highest BCUT2D eigenvalue weighted by molar-refractivity contribution is 5.73. The molecule has 0 radical (unpaired) electrons. The highest BCUT2D eigenvalue weighted by Crippen LogP contribution is 2.23. The zero-order chi connectivity index (χ0) is 13.1. The second kappa shape index (κ2) is 5.21. The molecule has 0 heterocycles. The second-order valence-electron chi connectivity index (χ2n) is 5.15. The van der Waals surface area contributed by atoms with E-state index >= 15 is 0 Å². The smallest absolute Gasteiger partial charge is 0.309 e. The average Bonchev–Trinajstić information content (AvgIpc) is 2.26. The number of hydrogen-bond donors (Lipinski definition) is 1. The van der Waals surface area contributed by atoms with E-state index in [9.17, 15) is 4.79 Å². The van der Waals surface area contributed by atoms with Crippen LogP contribution in [0.2, 0.25) is 0 Å². The molecule has 94 valence electrons. The Labute approximate surface area is 103 Å². The molecule has 3 nitrogen and oxygen atoms in total. The Balaban J connectivity index is 2.65. The van der Waals surface area contributed by atoms with Gasteiger partial charge >= 0.3 is 5.97 Å². The minimum absolute atomic E-state index is 0.632. The molecule has 0 fully saturated rings. The molecule has 0 aliphatic heterocycles. The highest BCUT2D eigenvalue weighted by atomic mass is 16.4. The molecule has 1 aromatic rings. The summed E-state index contributed by atoms with van der Waals surface area (Å²) in [4.78, 5) is 13.1. The minimum Gasteiger partial charge on any atom is -0.481 e. The Kier molecular flexibility index (Phi) is 4.16. The maximum atomic E-state index is 11.0. The lowest BCUT2D eigenvalue weighted by Crippen LogP contribution is -2.30. The molecule has 0 aliphatic carbocycles. The number of nitrogens with zero attached hydrogens (tertiary/aromatic N) is 1. The van der Waals surface area contributed by atoms with E-state index < -0.39 is 11.4 Å². The summed E-state index contributed by atoms with van der Waals surface area (Å²) in [7, 11) is 2.00. The first kappa shape index (κ1) is 13.6. The number of hydrogen-bond acceptors (Lipinski definition) is 2. The summed E-state index contributed by atoms with van der Waals surface area (Å²) in [6, 6.07) is 8.13. The van der Waals surface area contributed by atoms with Gasteiger partial charge in [-0.15, -0.1) is 0 Å². The quantitative estimate of drug-likeness (QED) is 0.853. The van der Waals surface area contributed by atoms with Gasteiger partial charge < -0.3 is 10.0 Å². The zero-order valence-corrected chi connectivity index (χ0v) is 11.0. The van der Waals surface area contributed by atoms with E-state index in [1.54, 1.807) is 13.8 Å². The van der Waals surface area contributed by atoms with Gasteiger partial charge in [0.15, 0.2) is 0 Å². The van der Waals surface area contributed by atoms with E-state index in [1.807, 2.05) is 19.2 Å². The van der Waals surface area contributed by atoms with Crippen molar-refractivity contribution < 1.29 is 9.90 Å². The van der Waals surface area contributed by atoms with Crippen molar-refractivity contribution in [1.29, 1.82) is 0 Å². The van der Waals surface area contributed by atoms with Crippen LogP contribution in [0.1, 0.15) is 25.8 Å². The number of rotatable bonds is 5. The maximum Gasteiger partial charge on any atom is 0.309 e. The van der Waals surface area contributed by atoms with Gasteiger partial charge in [-0.1, -0.05) is 18.2 Å². The van der Waals surface area contributed by atoms with E-state index in [4.69, 9.17) is 5.11 Å². The molecule has 1 aromatic carbocycles. The van der Waals surface area contributed by atoms with Gasteiger partial charge in [-0.05, 0) is 38.8 Å². The van der Waals surface area contributed by atoms with Crippen LogP contribution in [0.15, 0.2) is 24.3 Å². The average molecular weight is 235 g/mol. The number of carboxylic acids is 1. The van der Waals surface area contributed by atoms with Gasteiger partial charge in [-0.25, -0.2) is 0 Å². The molecule has 17 heavy (non-hydrogen) atoms. The standard InChI is InChI=1S/C14H21NO2/c1-11-7-5-6-8-12(11)15(4)10-9-14(2,3)13(16)17/h5-8H,9-10H2,1-4H3,(H,16,17). The molecule has 1 rings (SSSR count). The van der Waals surface area contributed by atoms with Crippen molar-refractivity contribution in [1.82, 2.24) is 0 Å². The van der Waals surface area contributed by atoms with Crippen LogP contribution in [0.5, 0.6) is 0 Å². The van der Waals surface area contributed by atoms with Crippen LogP contribution in [0, 0.1) is 12.3 Å². The van der Waals surface area contributed by atoms with Crippen LogP contribution in [0.3, 0.4) is 0 Å². The van der Waals surface area contributed by atoms with E-state index in [0.29, 0.717) is 6.42 Å². The van der Waals surface area contributed by atoms with Crippen molar-refractivity contribution in [2.75, 3.05) is 18.5 Å². The number of anilines is 1. The molecule has 0 unspecified atom stereocenters. The third kappa shape index (κ3) is 3.48. The largest absolute Gasteiger partial charge is 0.481 e.